The Morgan fingerprint density at radius 2 is 1.95 bits per heavy atom. The van der Waals surface area contributed by atoms with Gasteiger partial charge >= 0.3 is 0 Å². The van der Waals surface area contributed by atoms with Crippen LogP contribution < -0.4 is 5.73 Å². The van der Waals surface area contributed by atoms with Crippen LogP contribution >= 0.6 is 0 Å². The first-order valence-electron chi connectivity index (χ1n) is 7.14. The summed E-state index contributed by atoms with van der Waals surface area (Å²) in [5.41, 5.74) is 9.99. The molecule has 0 amide bonds. The number of carbonyl (C=O) groups excluding carboxylic acids is 1. The third-order valence-electron chi connectivity index (χ3n) is 4.07. The summed E-state index contributed by atoms with van der Waals surface area (Å²) in [5.74, 6) is -0.0596. The second kappa shape index (κ2) is 4.49. The summed E-state index contributed by atoms with van der Waals surface area (Å²) in [6, 6.07) is 15.3. The first kappa shape index (κ1) is 12.7. The first-order valence-corrected chi connectivity index (χ1v) is 7.14. The second-order valence-corrected chi connectivity index (χ2v) is 5.46. The van der Waals surface area contributed by atoms with E-state index in [0.717, 1.165) is 27.5 Å². The van der Waals surface area contributed by atoms with Gasteiger partial charge in [-0.3, -0.25) is 9.36 Å². The highest BCUT2D eigenvalue weighted by molar-refractivity contribution is 6.12. The Labute approximate surface area is 127 Å². The maximum Gasteiger partial charge on any atom is 0.263 e. The van der Waals surface area contributed by atoms with Crippen LogP contribution in [0.2, 0.25) is 0 Å². The molecule has 4 rings (SSSR count). The van der Waals surface area contributed by atoms with Crippen molar-refractivity contribution in [2.75, 3.05) is 5.73 Å². The molecule has 2 aromatic carbocycles. The number of para-hydroxylation sites is 1. The van der Waals surface area contributed by atoms with Gasteiger partial charge in [-0.25, -0.2) is 0 Å². The molecule has 0 spiro atoms. The topological polar surface area (TPSA) is 63.8 Å². The monoisotopic (exact) mass is 289 g/mol. The van der Waals surface area contributed by atoms with Crippen molar-refractivity contribution >= 4 is 33.4 Å². The molecule has 0 atom stereocenters. The largest absolute Gasteiger partial charge is 0.397 e. The van der Waals surface area contributed by atoms with Crippen LogP contribution in [0, 0.1) is 6.92 Å². The van der Waals surface area contributed by atoms with Gasteiger partial charge in [0.2, 0.25) is 0 Å². The second-order valence-electron chi connectivity index (χ2n) is 5.46. The minimum Gasteiger partial charge on any atom is -0.397 e. The molecule has 0 radical (unpaired) electrons. The predicted octanol–water partition coefficient (Wildman–Crippen LogP) is 3.70. The average Bonchev–Trinajstić information content (AvgIpc) is 3.10. The molecule has 4 aromatic rings. The van der Waals surface area contributed by atoms with Crippen molar-refractivity contribution in [3.05, 3.63) is 66.0 Å². The number of anilines is 1. The third-order valence-corrected chi connectivity index (χ3v) is 4.07. The van der Waals surface area contributed by atoms with Crippen LogP contribution in [0.5, 0.6) is 0 Å². The number of benzene rings is 2. The minimum absolute atomic E-state index is 0.0596. The highest BCUT2D eigenvalue weighted by Gasteiger charge is 2.18. The van der Waals surface area contributed by atoms with E-state index < -0.39 is 0 Å². The molecule has 4 heteroatoms. The highest BCUT2D eigenvalue weighted by atomic mass is 16.2. The van der Waals surface area contributed by atoms with E-state index >= 15 is 0 Å². The summed E-state index contributed by atoms with van der Waals surface area (Å²) < 4.78 is 1.70. The zero-order valence-corrected chi connectivity index (χ0v) is 12.1. The van der Waals surface area contributed by atoms with Gasteiger partial charge in [0.15, 0.2) is 0 Å². The zero-order valence-electron chi connectivity index (χ0n) is 12.1. The number of aromatic amines is 1. The summed E-state index contributed by atoms with van der Waals surface area (Å²) >= 11 is 0. The fourth-order valence-corrected chi connectivity index (χ4v) is 3.07. The number of nitrogens with one attached hydrogen (secondary N) is 1. The lowest BCUT2D eigenvalue weighted by atomic mass is 10.1. The molecule has 0 unspecified atom stereocenters. The van der Waals surface area contributed by atoms with E-state index in [1.165, 1.54) is 0 Å². The normalized spacial score (nSPS) is 11.3. The van der Waals surface area contributed by atoms with E-state index in [-0.39, 0.29) is 5.91 Å². The quantitative estimate of drug-likeness (QED) is 0.525. The van der Waals surface area contributed by atoms with Crippen molar-refractivity contribution in [1.29, 1.82) is 0 Å². The van der Waals surface area contributed by atoms with Crippen molar-refractivity contribution in [3.8, 4) is 0 Å². The Balaban J connectivity index is 2.01. The summed E-state index contributed by atoms with van der Waals surface area (Å²) in [7, 11) is 0. The molecule has 4 nitrogen and oxygen atoms in total. The van der Waals surface area contributed by atoms with E-state index in [1.54, 1.807) is 4.57 Å². The Bertz CT molecular complexity index is 1020. The maximum absolute atomic E-state index is 13.1. The summed E-state index contributed by atoms with van der Waals surface area (Å²) in [4.78, 5) is 16.2. The third kappa shape index (κ3) is 1.67. The molecule has 3 N–H and O–H groups in total. The van der Waals surface area contributed by atoms with Gasteiger partial charge in [-0.05, 0) is 37.3 Å². The number of nitrogens with two attached hydrogens (primary N) is 1. The zero-order chi connectivity index (χ0) is 15.3. The van der Waals surface area contributed by atoms with Gasteiger partial charge in [0.1, 0.15) is 0 Å². The summed E-state index contributed by atoms with van der Waals surface area (Å²) in [6.07, 6.45) is 1.84. The van der Waals surface area contributed by atoms with E-state index in [4.69, 9.17) is 5.73 Å². The number of nitrogen functional groups attached to an aromatic ring is 1. The first-order chi connectivity index (χ1) is 10.7. The molecule has 22 heavy (non-hydrogen) atoms. The molecule has 2 heterocycles. The lowest BCUT2D eigenvalue weighted by Gasteiger charge is -2.09. The molecular weight excluding hydrogens is 274 g/mol. The Morgan fingerprint density at radius 1 is 1.14 bits per heavy atom. The van der Waals surface area contributed by atoms with Crippen LogP contribution in [0.4, 0.5) is 5.69 Å². The van der Waals surface area contributed by atoms with E-state index in [2.05, 4.69) is 4.98 Å². The molecule has 0 bridgehead atoms. The fraction of sp³-hybridized carbons (Fsp3) is 0.0556. The van der Waals surface area contributed by atoms with Gasteiger partial charge in [0, 0.05) is 33.7 Å². The van der Waals surface area contributed by atoms with Gasteiger partial charge in [0.05, 0.1) is 11.2 Å². The Kier molecular flexibility index (Phi) is 2.60. The molecule has 0 aliphatic carbocycles. The van der Waals surface area contributed by atoms with Crippen LogP contribution in [0.1, 0.15) is 16.1 Å². The number of H-pyrrole nitrogens is 1. The number of aromatic nitrogens is 2. The number of aryl methyl sites for hydroxylation is 1. The van der Waals surface area contributed by atoms with E-state index in [9.17, 15) is 4.79 Å². The lowest BCUT2D eigenvalue weighted by Crippen LogP contribution is -2.14. The standard InChI is InChI=1S/C18H15N3O/c1-11-10-12-4-2-6-15(19)17(12)21(11)18(22)14-5-3-7-16-13(14)8-9-20-16/h2-10,20H,19H2,1H3. The molecule has 108 valence electrons. The molecule has 0 aliphatic heterocycles. The average molecular weight is 289 g/mol. The summed E-state index contributed by atoms with van der Waals surface area (Å²) in [5, 5.41) is 1.90. The number of nitrogens with zero attached hydrogens (tertiary/aromatic N) is 1. The minimum atomic E-state index is -0.0596. The molecule has 0 aliphatic rings. The van der Waals surface area contributed by atoms with Gasteiger partial charge in [-0.2, -0.15) is 0 Å². The van der Waals surface area contributed by atoms with Gasteiger partial charge in [-0.1, -0.05) is 18.2 Å². The number of hydrogen-bond donors (Lipinski definition) is 2. The van der Waals surface area contributed by atoms with Crippen LogP contribution in [0.15, 0.2) is 54.7 Å². The maximum atomic E-state index is 13.1. The summed E-state index contributed by atoms with van der Waals surface area (Å²) in [6.45, 7) is 1.93. The number of fused-ring (bicyclic) bond motifs is 2. The van der Waals surface area contributed by atoms with Gasteiger partial charge in [0.25, 0.3) is 5.91 Å². The van der Waals surface area contributed by atoms with Gasteiger partial charge in [-0.15, -0.1) is 0 Å². The highest BCUT2D eigenvalue weighted by Crippen LogP contribution is 2.27. The molecule has 2 aromatic heterocycles. The number of rotatable bonds is 1. The molecule has 0 fully saturated rings. The molecule has 0 saturated carbocycles. The fourth-order valence-electron chi connectivity index (χ4n) is 3.07. The SMILES string of the molecule is Cc1cc2cccc(N)c2n1C(=O)c1cccc2[nH]ccc12. The van der Waals surface area contributed by atoms with E-state index in [0.29, 0.717) is 11.3 Å². The van der Waals surface area contributed by atoms with Crippen molar-refractivity contribution in [2.24, 2.45) is 0 Å². The Hall–Kier alpha value is -3.01. The number of carbonyl (C=O) groups is 1. The van der Waals surface area contributed by atoms with Crippen molar-refractivity contribution in [2.45, 2.75) is 6.92 Å². The lowest BCUT2D eigenvalue weighted by molar-refractivity contribution is 0.0965. The van der Waals surface area contributed by atoms with Crippen molar-refractivity contribution in [3.63, 3.8) is 0 Å². The van der Waals surface area contributed by atoms with Crippen LogP contribution in [0.3, 0.4) is 0 Å². The van der Waals surface area contributed by atoms with Crippen LogP contribution in [0.25, 0.3) is 21.8 Å². The van der Waals surface area contributed by atoms with Crippen LogP contribution in [-0.4, -0.2) is 15.5 Å². The predicted molar refractivity (Wildman–Crippen MR) is 89.1 cm³/mol. The van der Waals surface area contributed by atoms with E-state index in [1.807, 2.05) is 61.7 Å². The molecule has 0 saturated heterocycles. The molecular formula is C18H15N3O. The van der Waals surface area contributed by atoms with Gasteiger partial charge < -0.3 is 10.7 Å². The number of hydrogen-bond acceptors (Lipinski definition) is 2. The smallest absolute Gasteiger partial charge is 0.263 e. The Morgan fingerprint density at radius 3 is 2.82 bits per heavy atom. The van der Waals surface area contributed by atoms with Crippen LogP contribution in [-0.2, 0) is 0 Å². The van der Waals surface area contributed by atoms with Crippen molar-refractivity contribution in [1.82, 2.24) is 9.55 Å². The van der Waals surface area contributed by atoms with Crippen molar-refractivity contribution < 1.29 is 4.79 Å².